The molecule has 0 amide bonds. The Morgan fingerprint density at radius 1 is 0.914 bits per heavy atom. The molecule has 0 saturated carbocycles. The van der Waals surface area contributed by atoms with Gasteiger partial charge in [-0.1, -0.05) is 20.4 Å². The second kappa shape index (κ2) is 18.4. The fourth-order valence-corrected chi connectivity index (χ4v) is 2.62. The molecule has 35 heavy (non-hydrogen) atoms. The van der Waals surface area contributed by atoms with Crippen molar-refractivity contribution in [3.63, 3.8) is 0 Å². The van der Waals surface area contributed by atoms with Crippen LogP contribution in [0.5, 0.6) is 5.75 Å². The number of aliphatic hydroxyl groups excluding tert-OH is 1. The molecule has 0 aliphatic carbocycles. The normalized spacial score (nSPS) is 12.3. The molecular weight excluding hydrogens is 456 g/mol. The summed E-state index contributed by atoms with van der Waals surface area (Å²) in [5.41, 5.74) is 0.344. The monoisotopic (exact) mass is 494 g/mol. The average molecular weight is 495 g/mol. The molecule has 0 bridgehead atoms. The van der Waals surface area contributed by atoms with Crippen molar-refractivity contribution in [2.45, 2.75) is 52.1 Å². The number of ether oxygens (including phenoxy) is 5. The molecule has 2 atom stereocenters. The summed E-state index contributed by atoms with van der Waals surface area (Å²) in [6.45, 7) is 8.47. The molecule has 0 spiro atoms. The van der Waals surface area contributed by atoms with Gasteiger partial charge in [0.1, 0.15) is 18.5 Å². The van der Waals surface area contributed by atoms with E-state index in [2.05, 4.69) is 6.58 Å². The largest absolute Gasteiger partial charge is 0.494 e. The molecule has 1 rings (SSSR count). The predicted molar refractivity (Wildman–Crippen MR) is 129 cm³/mol. The standard InChI is InChI=1S/C26H38O9/c1-4-20(3)25(29)34-17-9-8-15-32-23-12-10-21(11-13-23)26(30)35-19-22(27)18-31-14-6-7-16-33-24(28)5-2/h5,10-13,20,22,27H,2,4,6-9,14-19H2,1,3H3. The Labute approximate surface area is 207 Å². The first-order valence-corrected chi connectivity index (χ1v) is 12.0. The lowest BCUT2D eigenvalue weighted by molar-refractivity contribution is -0.148. The number of carbonyl (C=O) groups is 3. The molecule has 0 aromatic heterocycles. The van der Waals surface area contributed by atoms with Crippen molar-refractivity contribution in [3.05, 3.63) is 42.5 Å². The highest BCUT2D eigenvalue weighted by Crippen LogP contribution is 2.14. The van der Waals surface area contributed by atoms with E-state index in [9.17, 15) is 19.5 Å². The Morgan fingerprint density at radius 2 is 1.54 bits per heavy atom. The van der Waals surface area contributed by atoms with Gasteiger partial charge in [-0.15, -0.1) is 0 Å². The summed E-state index contributed by atoms with van der Waals surface area (Å²) in [6, 6.07) is 6.53. The van der Waals surface area contributed by atoms with Crippen molar-refractivity contribution in [2.75, 3.05) is 39.6 Å². The first-order valence-electron chi connectivity index (χ1n) is 12.0. The summed E-state index contributed by atoms with van der Waals surface area (Å²) in [5, 5.41) is 9.89. The van der Waals surface area contributed by atoms with Gasteiger partial charge in [-0.25, -0.2) is 9.59 Å². The lowest BCUT2D eigenvalue weighted by Crippen LogP contribution is -2.24. The summed E-state index contributed by atoms with van der Waals surface area (Å²) in [6.07, 6.45) is 3.68. The van der Waals surface area contributed by atoms with Crippen LogP contribution >= 0.6 is 0 Å². The fraction of sp³-hybridized carbons (Fsp3) is 0.577. The molecule has 0 aliphatic heterocycles. The maximum absolute atomic E-state index is 12.1. The van der Waals surface area contributed by atoms with E-state index in [0.717, 1.165) is 18.9 Å². The highest BCUT2D eigenvalue weighted by molar-refractivity contribution is 5.89. The van der Waals surface area contributed by atoms with E-state index in [1.807, 2.05) is 13.8 Å². The molecule has 2 unspecified atom stereocenters. The van der Waals surface area contributed by atoms with Crippen molar-refractivity contribution in [3.8, 4) is 5.75 Å². The molecule has 196 valence electrons. The summed E-state index contributed by atoms with van der Waals surface area (Å²) in [7, 11) is 0. The number of rotatable bonds is 19. The molecule has 0 aliphatic rings. The first-order chi connectivity index (χ1) is 16.9. The zero-order chi connectivity index (χ0) is 25.9. The lowest BCUT2D eigenvalue weighted by Gasteiger charge is -2.12. The Bertz CT molecular complexity index is 761. The van der Waals surface area contributed by atoms with Crippen LogP contribution in [0.15, 0.2) is 36.9 Å². The second-order valence-corrected chi connectivity index (χ2v) is 7.96. The van der Waals surface area contributed by atoms with Crippen LogP contribution in [-0.2, 0) is 28.5 Å². The Balaban J connectivity index is 2.13. The van der Waals surface area contributed by atoms with Crippen molar-refractivity contribution in [1.29, 1.82) is 0 Å². The number of aliphatic hydroxyl groups is 1. The molecule has 0 radical (unpaired) electrons. The molecule has 0 saturated heterocycles. The zero-order valence-corrected chi connectivity index (χ0v) is 20.7. The van der Waals surface area contributed by atoms with Crippen LogP contribution in [0.2, 0.25) is 0 Å². The summed E-state index contributed by atoms with van der Waals surface area (Å²) >= 11 is 0. The zero-order valence-electron chi connectivity index (χ0n) is 20.7. The minimum Gasteiger partial charge on any atom is -0.494 e. The number of carbonyl (C=O) groups excluding carboxylic acids is 3. The quantitative estimate of drug-likeness (QED) is 0.133. The van der Waals surface area contributed by atoms with Crippen molar-refractivity contribution >= 4 is 17.9 Å². The van der Waals surface area contributed by atoms with Crippen LogP contribution in [0.1, 0.15) is 56.3 Å². The minimum atomic E-state index is -0.940. The summed E-state index contributed by atoms with van der Waals surface area (Å²) < 4.78 is 26.1. The van der Waals surface area contributed by atoms with Gasteiger partial charge >= 0.3 is 17.9 Å². The molecule has 1 N–H and O–H groups in total. The molecule has 1 aromatic carbocycles. The minimum absolute atomic E-state index is 0.0311. The predicted octanol–water partition coefficient (Wildman–Crippen LogP) is 3.48. The number of esters is 3. The topological polar surface area (TPSA) is 118 Å². The van der Waals surface area contributed by atoms with Crippen LogP contribution in [0, 0.1) is 5.92 Å². The van der Waals surface area contributed by atoms with Gasteiger partial charge in [0.25, 0.3) is 0 Å². The molecular formula is C26H38O9. The third-order valence-electron chi connectivity index (χ3n) is 4.97. The van der Waals surface area contributed by atoms with Crippen molar-refractivity contribution in [1.82, 2.24) is 0 Å². The SMILES string of the molecule is C=CC(=O)OCCCCOCC(O)COC(=O)c1ccc(OCCCCOC(=O)C(C)CC)cc1. The van der Waals surface area contributed by atoms with Crippen molar-refractivity contribution < 1.29 is 43.2 Å². The molecule has 1 aromatic rings. The number of hydrogen-bond acceptors (Lipinski definition) is 9. The van der Waals surface area contributed by atoms with Crippen LogP contribution in [-0.4, -0.2) is 68.8 Å². The highest BCUT2D eigenvalue weighted by Gasteiger charge is 2.12. The van der Waals surface area contributed by atoms with E-state index < -0.39 is 18.0 Å². The smallest absolute Gasteiger partial charge is 0.338 e. The van der Waals surface area contributed by atoms with Crippen LogP contribution in [0.3, 0.4) is 0 Å². The lowest BCUT2D eigenvalue weighted by atomic mass is 10.1. The molecule has 9 heteroatoms. The van der Waals surface area contributed by atoms with Gasteiger partial charge in [0.05, 0.1) is 37.9 Å². The highest BCUT2D eigenvalue weighted by atomic mass is 16.6. The average Bonchev–Trinajstić information content (AvgIpc) is 2.88. The maximum Gasteiger partial charge on any atom is 0.338 e. The van der Waals surface area contributed by atoms with E-state index in [0.29, 0.717) is 50.4 Å². The van der Waals surface area contributed by atoms with E-state index in [-0.39, 0.29) is 31.7 Å². The van der Waals surface area contributed by atoms with Crippen LogP contribution in [0.25, 0.3) is 0 Å². The van der Waals surface area contributed by atoms with E-state index in [4.69, 9.17) is 23.7 Å². The van der Waals surface area contributed by atoms with E-state index >= 15 is 0 Å². The number of hydrogen-bond donors (Lipinski definition) is 1. The van der Waals surface area contributed by atoms with Gasteiger partial charge in [-0.3, -0.25) is 4.79 Å². The molecule has 0 fully saturated rings. The molecule has 0 heterocycles. The fourth-order valence-electron chi connectivity index (χ4n) is 2.62. The van der Waals surface area contributed by atoms with Crippen LogP contribution in [0.4, 0.5) is 0 Å². The Hall–Kier alpha value is -2.91. The second-order valence-electron chi connectivity index (χ2n) is 7.96. The van der Waals surface area contributed by atoms with Gasteiger partial charge in [0.2, 0.25) is 0 Å². The van der Waals surface area contributed by atoms with Gasteiger partial charge in [0.15, 0.2) is 0 Å². The Morgan fingerprint density at radius 3 is 2.20 bits per heavy atom. The third kappa shape index (κ3) is 14.2. The van der Waals surface area contributed by atoms with E-state index in [1.165, 1.54) is 0 Å². The van der Waals surface area contributed by atoms with Crippen molar-refractivity contribution in [2.24, 2.45) is 5.92 Å². The Kier molecular flexibility index (Phi) is 15.9. The first kappa shape index (κ1) is 30.1. The van der Waals surface area contributed by atoms with Gasteiger partial charge in [-0.2, -0.15) is 0 Å². The third-order valence-corrected chi connectivity index (χ3v) is 4.97. The summed E-state index contributed by atoms with van der Waals surface area (Å²) in [5.74, 6) is -0.643. The molecule has 9 nitrogen and oxygen atoms in total. The van der Waals surface area contributed by atoms with Gasteiger partial charge < -0.3 is 28.8 Å². The number of unbranched alkanes of at least 4 members (excludes halogenated alkanes) is 2. The van der Waals surface area contributed by atoms with Gasteiger partial charge in [-0.05, 0) is 56.4 Å². The van der Waals surface area contributed by atoms with Crippen LogP contribution < -0.4 is 4.74 Å². The summed E-state index contributed by atoms with van der Waals surface area (Å²) in [4.78, 5) is 34.6. The van der Waals surface area contributed by atoms with Gasteiger partial charge in [0, 0.05) is 12.7 Å². The maximum atomic E-state index is 12.1. The van der Waals surface area contributed by atoms with E-state index in [1.54, 1.807) is 24.3 Å². The number of benzene rings is 1.